The molecule has 0 unspecified atom stereocenters. The maximum absolute atomic E-state index is 13.8. The van der Waals surface area contributed by atoms with Gasteiger partial charge in [-0.05, 0) is 94.2 Å². The monoisotopic (exact) mass is 1120 g/mol. The smallest absolute Gasteiger partial charge is 0.422 e. The van der Waals surface area contributed by atoms with Crippen LogP contribution in [-0.4, -0.2) is 162 Å². The second kappa shape index (κ2) is 31.1. The van der Waals surface area contributed by atoms with E-state index in [1.807, 2.05) is 0 Å². The number of hydrogen-bond acceptors (Lipinski definition) is 20. The summed E-state index contributed by atoms with van der Waals surface area (Å²) in [6.07, 6.45) is -4.22. The lowest BCUT2D eigenvalue weighted by molar-refractivity contribution is -0.167. The van der Waals surface area contributed by atoms with Crippen LogP contribution in [0.25, 0.3) is 0 Å². The molecule has 76 heavy (non-hydrogen) atoms. The third-order valence-corrected chi connectivity index (χ3v) is 12.1. The van der Waals surface area contributed by atoms with Crippen molar-refractivity contribution in [1.82, 2.24) is 18.1 Å². The molecule has 0 aliphatic carbocycles. The number of hydrogen-bond donors (Lipinski definition) is 2. The molecule has 430 valence electrons. The molecular weight excluding hydrogens is 1040 g/mol. The summed E-state index contributed by atoms with van der Waals surface area (Å²) in [6, 6.07) is 13.4. The Bertz CT molecular complexity index is 2200. The molecule has 0 radical (unpaired) electrons. The number of esters is 4. The zero-order valence-corrected chi connectivity index (χ0v) is 47.3. The first kappa shape index (κ1) is 66.6. The molecule has 0 heterocycles. The van der Waals surface area contributed by atoms with Gasteiger partial charge in [0.2, 0.25) is 0 Å². The summed E-state index contributed by atoms with van der Waals surface area (Å²) in [7, 11) is -9.81. The molecule has 2 atom stereocenters. The molecule has 2 N–H and O–H groups in total. The van der Waals surface area contributed by atoms with E-state index in [0.717, 1.165) is 0 Å². The van der Waals surface area contributed by atoms with Gasteiger partial charge in [0.05, 0.1) is 65.7 Å². The van der Waals surface area contributed by atoms with Gasteiger partial charge in [-0.1, -0.05) is 60.7 Å². The van der Waals surface area contributed by atoms with Crippen molar-refractivity contribution in [1.29, 1.82) is 0 Å². The summed E-state index contributed by atoms with van der Waals surface area (Å²) in [5.74, 6) is -3.99. The maximum atomic E-state index is 13.8. The Kier molecular flexibility index (Phi) is 27.2. The SMILES string of the molecule is CC(C)(C)OC(=O)C[C@@H](C(=O)OC(C)(C)C)N(CCOCCOCCOCCOCCN([C@@H](CC(=O)OC(C)(C)C)C(=O)OC(C)(C)C)S(=O)(=O)NC(=O)OCc1ccccc1)S(=O)(=O)NC(=O)OCc1ccccc1. The topological polar surface area (TPSA) is 294 Å². The third-order valence-electron chi connectivity index (χ3n) is 9.11. The van der Waals surface area contributed by atoms with Crippen LogP contribution < -0.4 is 9.44 Å². The molecule has 2 aromatic carbocycles. The fourth-order valence-corrected chi connectivity index (χ4v) is 8.61. The van der Waals surface area contributed by atoms with Crippen molar-refractivity contribution in [2.75, 3.05) is 65.9 Å². The Morgan fingerprint density at radius 2 is 0.711 bits per heavy atom. The van der Waals surface area contributed by atoms with Crippen LogP contribution in [0, 0.1) is 0 Å². The highest BCUT2D eigenvalue weighted by Crippen LogP contribution is 2.21. The van der Waals surface area contributed by atoms with Crippen molar-refractivity contribution >= 4 is 56.5 Å². The van der Waals surface area contributed by atoms with Gasteiger partial charge >= 0.3 is 56.5 Å². The molecule has 0 aromatic heterocycles. The van der Waals surface area contributed by atoms with Crippen molar-refractivity contribution in [3.05, 3.63) is 71.8 Å². The van der Waals surface area contributed by atoms with E-state index in [9.17, 15) is 45.6 Å². The minimum atomic E-state index is -4.90. The summed E-state index contributed by atoms with van der Waals surface area (Å²) in [5, 5.41) is 0. The quantitative estimate of drug-likeness (QED) is 0.0577. The van der Waals surface area contributed by atoms with E-state index in [0.29, 0.717) is 19.7 Å². The van der Waals surface area contributed by atoms with E-state index in [1.165, 1.54) is 0 Å². The van der Waals surface area contributed by atoms with Gasteiger partial charge in [0.1, 0.15) is 47.7 Å². The Balaban J connectivity index is 2.03. The first-order chi connectivity index (χ1) is 35.2. The molecule has 0 spiro atoms. The molecule has 2 aromatic rings. The molecule has 26 heteroatoms. The Hall–Kier alpha value is -5.48. The van der Waals surface area contributed by atoms with Crippen LogP contribution in [0.15, 0.2) is 60.7 Å². The molecule has 2 amide bonds. The van der Waals surface area contributed by atoms with Gasteiger partial charge in [0.25, 0.3) is 0 Å². The molecule has 2 rings (SSSR count). The summed E-state index contributed by atoms with van der Waals surface area (Å²) < 4.78 is 114. The molecule has 0 fully saturated rings. The van der Waals surface area contributed by atoms with Crippen molar-refractivity contribution in [2.24, 2.45) is 0 Å². The predicted octanol–water partition coefficient (Wildman–Crippen LogP) is 4.88. The Labute approximate surface area is 447 Å². The number of nitrogens with zero attached hydrogens (tertiary/aromatic N) is 2. The fraction of sp³-hybridized carbons (Fsp3) is 0.640. The number of ether oxygens (including phenoxy) is 10. The molecule has 0 bridgehead atoms. The van der Waals surface area contributed by atoms with Gasteiger partial charge in [-0.15, -0.1) is 0 Å². The fourth-order valence-electron chi connectivity index (χ4n) is 6.22. The lowest BCUT2D eigenvalue weighted by Gasteiger charge is -2.31. The van der Waals surface area contributed by atoms with Crippen LogP contribution in [0.4, 0.5) is 9.59 Å². The van der Waals surface area contributed by atoms with E-state index in [2.05, 4.69) is 0 Å². The molecule has 24 nitrogen and oxygen atoms in total. The lowest BCUT2D eigenvalue weighted by Crippen LogP contribution is -2.54. The standard InChI is InChI=1S/C50H78N4O20S2/c1-47(2,3)71-41(55)33-39(43(57)73-49(7,8)9)53(75(61,62)51-45(59)69-35-37-19-15-13-16-20-37)23-25-65-27-29-67-31-32-68-30-28-66-26-24-54(76(63,64)52-46(60)70-36-38-21-17-14-18-22-38)40(44(58)74-50(10,11)12)34-42(56)72-48(4,5)6/h13-22,39-40H,23-36H2,1-12H3,(H,51,59)(H,52,60)/t39-,40-/m0/s1. The van der Waals surface area contributed by atoms with Gasteiger partial charge in [0.15, 0.2) is 0 Å². The zero-order chi connectivity index (χ0) is 57.4. The average molecular weight is 1120 g/mol. The van der Waals surface area contributed by atoms with Gasteiger partial charge in [-0.25, -0.2) is 19.0 Å². The van der Waals surface area contributed by atoms with Crippen molar-refractivity contribution in [3.63, 3.8) is 0 Å². The van der Waals surface area contributed by atoms with Crippen LogP contribution in [-0.2, 0) is 100 Å². The van der Waals surface area contributed by atoms with E-state index >= 15 is 0 Å². The van der Waals surface area contributed by atoms with Crippen LogP contribution in [0.2, 0.25) is 0 Å². The number of rotatable bonds is 31. The molecule has 0 saturated carbocycles. The minimum absolute atomic E-state index is 0.00429. The third kappa shape index (κ3) is 29.1. The maximum Gasteiger partial charge on any atom is 0.422 e. The van der Waals surface area contributed by atoms with Crippen molar-refractivity contribution in [3.8, 4) is 0 Å². The molecule has 0 aliphatic heterocycles. The summed E-state index contributed by atoms with van der Waals surface area (Å²) in [6.45, 7) is 16.7. The van der Waals surface area contributed by atoms with Crippen molar-refractivity contribution < 1.29 is 93.0 Å². The number of carbonyl (C=O) groups excluding carboxylic acids is 6. The average Bonchev–Trinajstić information content (AvgIpc) is 3.27. The van der Waals surface area contributed by atoms with Gasteiger partial charge in [-0.3, -0.25) is 19.2 Å². The Morgan fingerprint density at radius 1 is 0.434 bits per heavy atom. The zero-order valence-electron chi connectivity index (χ0n) is 45.7. The second-order valence-electron chi connectivity index (χ2n) is 20.7. The molecule has 0 saturated heterocycles. The van der Waals surface area contributed by atoms with E-state index < -0.39 is 117 Å². The summed E-state index contributed by atoms with van der Waals surface area (Å²) >= 11 is 0. The van der Waals surface area contributed by atoms with Crippen LogP contribution in [0.1, 0.15) is 107 Å². The first-order valence-corrected chi connectivity index (χ1v) is 27.3. The van der Waals surface area contributed by atoms with E-state index in [-0.39, 0.29) is 66.1 Å². The van der Waals surface area contributed by atoms with Crippen molar-refractivity contribution in [2.45, 2.75) is 144 Å². The highest BCUT2D eigenvalue weighted by atomic mass is 32.2. The number of benzene rings is 2. The predicted molar refractivity (Wildman–Crippen MR) is 274 cm³/mol. The number of carbonyl (C=O) groups is 6. The lowest BCUT2D eigenvalue weighted by atomic mass is 10.1. The first-order valence-electron chi connectivity index (χ1n) is 24.4. The van der Waals surface area contributed by atoms with Crippen LogP contribution in [0.5, 0.6) is 0 Å². The van der Waals surface area contributed by atoms with Crippen LogP contribution in [0.3, 0.4) is 0 Å². The van der Waals surface area contributed by atoms with Gasteiger partial charge < -0.3 is 47.4 Å². The summed E-state index contributed by atoms with van der Waals surface area (Å²) in [5.41, 5.74) is -3.01. The normalized spacial score (nSPS) is 13.3. The van der Waals surface area contributed by atoms with E-state index in [4.69, 9.17) is 47.4 Å². The Morgan fingerprint density at radius 3 is 0.987 bits per heavy atom. The second-order valence-corrected chi connectivity index (χ2v) is 23.9. The molecular formula is C50H78N4O20S2. The minimum Gasteiger partial charge on any atom is -0.460 e. The largest absolute Gasteiger partial charge is 0.460 e. The molecule has 0 aliphatic rings. The van der Waals surface area contributed by atoms with E-state index in [1.54, 1.807) is 153 Å². The van der Waals surface area contributed by atoms with Gasteiger partial charge in [-0.2, -0.15) is 25.4 Å². The highest BCUT2D eigenvalue weighted by molar-refractivity contribution is 7.88. The van der Waals surface area contributed by atoms with Gasteiger partial charge in [0, 0.05) is 13.1 Å². The van der Waals surface area contributed by atoms with Crippen LogP contribution >= 0.6 is 0 Å². The number of amides is 2. The number of nitrogens with one attached hydrogen (secondary N) is 2. The summed E-state index contributed by atoms with van der Waals surface area (Å²) in [4.78, 5) is 78.7. The highest BCUT2D eigenvalue weighted by Gasteiger charge is 2.42.